The molecule has 0 saturated carbocycles. The molecule has 2 aromatic carbocycles. The van der Waals surface area contributed by atoms with Crippen molar-refractivity contribution < 1.29 is 58.5 Å². The predicted octanol–water partition coefficient (Wildman–Crippen LogP) is 3.74. The zero-order valence-electron chi connectivity index (χ0n) is 36.6. The van der Waals surface area contributed by atoms with E-state index >= 15 is 0 Å². The number of Topliss-reactive ketones (excluding diaryl/α,β-unsaturated/α-hetero) is 1. The van der Waals surface area contributed by atoms with E-state index in [9.17, 15) is 34.8 Å². The number of fused-ring (bicyclic) bond motifs is 1. The van der Waals surface area contributed by atoms with Crippen molar-refractivity contribution in [3.63, 3.8) is 0 Å². The number of aromatic hydroxyl groups is 2. The number of nitrogens with zero attached hydrogens (tertiary/aromatic N) is 3. The second-order valence-electron chi connectivity index (χ2n) is 17.1. The third-order valence-electron chi connectivity index (χ3n) is 12.9. The van der Waals surface area contributed by atoms with Gasteiger partial charge in [-0.05, 0) is 19.9 Å². The summed E-state index contributed by atoms with van der Waals surface area (Å²) in [5.74, 6) is -6.99. The van der Waals surface area contributed by atoms with Crippen LogP contribution in [0.25, 0.3) is 10.8 Å². The number of hydrogen-bond donors (Lipinski definition) is 5. The van der Waals surface area contributed by atoms with Crippen molar-refractivity contribution in [3.8, 4) is 17.2 Å². The van der Waals surface area contributed by atoms with Crippen LogP contribution in [0.1, 0.15) is 77.2 Å². The third kappa shape index (κ3) is 8.52. The van der Waals surface area contributed by atoms with Gasteiger partial charge < -0.3 is 54.3 Å². The molecule has 0 radical (unpaired) electrons. The van der Waals surface area contributed by atoms with Gasteiger partial charge in [0, 0.05) is 101 Å². The van der Waals surface area contributed by atoms with Gasteiger partial charge in [0.05, 0.1) is 47.5 Å². The first-order chi connectivity index (χ1) is 28.8. The second kappa shape index (κ2) is 17.8. The molecule has 5 N–H and O–H groups in total. The predicted molar refractivity (Wildman–Crippen MR) is 225 cm³/mol. The lowest BCUT2D eigenvalue weighted by Crippen LogP contribution is -2.46. The molecule has 16 nitrogen and oxygen atoms in total. The van der Waals surface area contributed by atoms with Gasteiger partial charge in [-0.3, -0.25) is 24.4 Å². The highest BCUT2D eigenvalue weighted by atomic mass is 16.7. The molecule has 9 atom stereocenters. The number of nitrogens with one attached hydrogen (secondary N) is 1. The van der Waals surface area contributed by atoms with E-state index in [2.05, 4.69) is 10.2 Å². The molecule has 16 heteroatoms. The number of rotatable bonds is 5. The Bertz CT molecular complexity index is 2280. The molecule has 1 spiro atoms. The van der Waals surface area contributed by atoms with Crippen LogP contribution in [0.2, 0.25) is 0 Å². The van der Waals surface area contributed by atoms with Crippen molar-refractivity contribution in [2.24, 2.45) is 33.7 Å². The van der Waals surface area contributed by atoms with E-state index in [-0.39, 0.29) is 55.4 Å². The lowest BCUT2D eigenvalue weighted by molar-refractivity contribution is -0.160. The topological polar surface area (TPSA) is 218 Å². The second-order valence-corrected chi connectivity index (χ2v) is 17.1. The standard InChI is InChI=1S/C45H60N4O12/c1-22-12-11-13-23(2)43(56)46-35-34-33(47-45(48-34)15-17-49(18-16-45)19-21-57-9)30-31(39(35)54)38(53)27(6)41-32(30)42(55)44(8,61-41)59-20-14-29(58-10)24(3)40(60-28(7)50)26(5)37(52)25(4)36(22)51/h11-14,20,22,24-26,29,36-37,40,51-54H,15-19,21H2,1-10H3,(H,46,56)/b12-11+,20-14+,23-13-/t22-,24+,25+,26+,29-,36-,37+,40+,44-/m0/s1. The van der Waals surface area contributed by atoms with Crippen molar-refractivity contribution in [2.45, 2.75) is 104 Å². The molecule has 0 aliphatic carbocycles. The molecule has 4 aliphatic heterocycles. The van der Waals surface area contributed by atoms with Crippen molar-refractivity contribution in [3.05, 3.63) is 58.0 Å². The van der Waals surface area contributed by atoms with Gasteiger partial charge in [-0.25, -0.2) is 0 Å². The van der Waals surface area contributed by atoms with E-state index in [0.29, 0.717) is 32.5 Å². The summed E-state index contributed by atoms with van der Waals surface area (Å²) in [5, 5.41) is 50.0. The molecule has 0 aromatic heterocycles. The largest absolute Gasteiger partial charge is 0.507 e. The van der Waals surface area contributed by atoms with Crippen LogP contribution >= 0.6 is 0 Å². The average Bonchev–Trinajstić information content (AvgIpc) is 3.73. The summed E-state index contributed by atoms with van der Waals surface area (Å²) in [7, 11) is 3.11. The van der Waals surface area contributed by atoms with E-state index in [1.165, 1.54) is 27.2 Å². The molecule has 61 heavy (non-hydrogen) atoms. The number of benzene rings is 2. The number of carbonyl (C=O) groups is 3. The Morgan fingerprint density at radius 2 is 1.62 bits per heavy atom. The Balaban J connectivity index is 1.53. The average molecular weight is 849 g/mol. The lowest BCUT2D eigenvalue weighted by Gasteiger charge is -2.38. The minimum absolute atomic E-state index is 0.0228. The molecular weight excluding hydrogens is 789 g/mol. The van der Waals surface area contributed by atoms with E-state index in [0.717, 1.165) is 6.54 Å². The number of allylic oxidation sites excluding steroid dienone is 2. The number of likely N-dealkylation sites (tertiary alicyclic amines) is 1. The molecule has 1 amide bonds. The first-order valence-electron chi connectivity index (χ1n) is 20.9. The quantitative estimate of drug-likeness (QED) is 0.214. The molecule has 2 aromatic rings. The summed E-state index contributed by atoms with van der Waals surface area (Å²) in [4.78, 5) is 53.5. The molecular formula is C45H60N4O12. The van der Waals surface area contributed by atoms with Crippen LogP contribution in [0.15, 0.2) is 46.1 Å². The summed E-state index contributed by atoms with van der Waals surface area (Å²) in [6, 6.07) is 0. The van der Waals surface area contributed by atoms with E-state index in [1.54, 1.807) is 73.0 Å². The van der Waals surface area contributed by atoms with Gasteiger partial charge in [0.15, 0.2) is 11.4 Å². The van der Waals surface area contributed by atoms with Gasteiger partial charge in [-0.1, -0.05) is 45.9 Å². The van der Waals surface area contributed by atoms with Gasteiger partial charge in [-0.2, -0.15) is 0 Å². The number of anilines is 1. The summed E-state index contributed by atoms with van der Waals surface area (Å²) < 4.78 is 29.2. The number of aliphatic hydroxyl groups is 2. The highest BCUT2D eigenvalue weighted by Gasteiger charge is 2.50. The fourth-order valence-electron chi connectivity index (χ4n) is 8.94. The maximum Gasteiger partial charge on any atom is 0.312 e. The molecule has 332 valence electrons. The van der Waals surface area contributed by atoms with Crippen LogP contribution in [0.3, 0.4) is 0 Å². The smallest absolute Gasteiger partial charge is 0.312 e. The number of amides is 1. The Hall–Kier alpha value is -4.87. The van der Waals surface area contributed by atoms with E-state index < -0.39 is 82.9 Å². The maximum absolute atomic E-state index is 14.7. The summed E-state index contributed by atoms with van der Waals surface area (Å²) in [5.41, 5.74) is -0.653. The lowest BCUT2D eigenvalue weighted by atomic mass is 9.78. The normalized spacial score (nSPS) is 32.6. The summed E-state index contributed by atoms with van der Waals surface area (Å²) >= 11 is 0. The molecule has 4 heterocycles. The van der Waals surface area contributed by atoms with Crippen LogP contribution in [0.5, 0.6) is 17.2 Å². The van der Waals surface area contributed by atoms with E-state index in [4.69, 9.17) is 33.7 Å². The maximum atomic E-state index is 14.7. The van der Waals surface area contributed by atoms with Gasteiger partial charge in [0.1, 0.15) is 28.6 Å². The summed E-state index contributed by atoms with van der Waals surface area (Å²) in [6.07, 6.45) is 4.89. The number of phenolic OH excluding ortho intramolecular Hbond substituents is 2. The van der Waals surface area contributed by atoms with Crippen molar-refractivity contribution in [1.29, 1.82) is 0 Å². The number of hydrogen-bond acceptors (Lipinski definition) is 15. The minimum atomic E-state index is -1.97. The van der Waals surface area contributed by atoms with Crippen LogP contribution in [0.4, 0.5) is 5.69 Å². The highest BCUT2D eigenvalue weighted by Crippen LogP contribution is 2.50. The molecule has 6 rings (SSSR count). The first-order valence-corrected chi connectivity index (χ1v) is 20.9. The number of methoxy groups -OCH3 is 2. The van der Waals surface area contributed by atoms with Crippen LogP contribution < -0.4 is 20.8 Å². The fraction of sp³-hybridized carbons (Fsp3) is 0.578. The molecule has 4 aliphatic rings. The van der Waals surface area contributed by atoms with Crippen LogP contribution in [0, 0.1) is 30.6 Å². The monoisotopic (exact) mass is 848 g/mol. The number of ketones is 1. The van der Waals surface area contributed by atoms with Crippen molar-refractivity contribution >= 4 is 34.1 Å². The van der Waals surface area contributed by atoms with Crippen LogP contribution in [-0.4, -0.2) is 119 Å². The number of phenols is 2. The first kappa shape index (κ1) is 45.7. The molecule has 1 fully saturated rings. The fourth-order valence-corrected chi connectivity index (χ4v) is 8.94. The Labute approximate surface area is 355 Å². The molecule has 0 unspecified atom stereocenters. The SMILES string of the molecule is COCCN1CCC2(CC1)N=c1c3c(O)c4c(O)c(C)c5c(c4c1=N2)C(=O)[C@@](C)(O/C=C/[C@H](OC)[C@@H](C)[C@@H](OC(C)=O)[C@H](C)[C@H](O)[C@H](C)[C@@H](O)[C@@H](C)/C=C/C=C(/C)C(=O)N3)O5. The molecule has 4 bridgehead atoms. The Morgan fingerprint density at radius 1 is 0.951 bits per heavy atom. The minimum Gasteiger partial charge on any atom is -0.507 e. The van der Waals surface area contributed by atoms with Crippen molar-refractivity contribution in [1.82, 2.24) is 4.90 Å². The Morgan fingerprint density at radius 3 is 2.26 bits per heavy atom. The molecule has 1 saturated heterocycles. The zero-order valence-corrected chi connectivity index (χ0v) is 36.6. The van der Waals surface area contributed by atoms with Gasteiger partial charge in [-0.15, -0.1) is 0 Å². The zero-order chi connectivity index (χ0) is 44.7. The number of carbonyl (C=O) groups excluding carboxylic acids is 3. The highest BCUT2D eigenvalue weighted by molar-refractivity contribution is 6.19. The van der Waals surface area contributed by atoms with Gasteiger partial charge >= 0.3 is 11.8 Å². The van der Waals surface area contributed by atoms with Crippen molar-refractivity contribution in [2.75, 3.05) is 45.8 Å². The van der Waals surface area contributed by atoms with E-state index in [1.807, 2.05) is 0 Å². The van der Waals surface area contributed by atoms with Crippen LogP contribution in [-0.2, 0) is 28.5 Å². The van der Waals surface area contributed by atoms with Gasteiger partial charge in [0.2, 0.25) is 0 Å². The number of esters is 1. The Kier molecular flexibility index (Phi) is 13.4. The third-order valence-corrected chi connectivity index (χ3v) is 12.9. The van der Waals surface area contributed by atoms with Gasteiger partial charge in [0.25, 0.3) is 11.7 Å². The number of piperidine rings is 1. The number of ether oxygens (including phenoxy) is 5. The number of aliphatic hydroxyl groups excluding tert-OH is 2. The summed E-state index contributed by atoms with van der Waals surface area (Å²) in [6.45, 7) is 15.4.